The van der Waals surface area contributed by atoms with Crippen molar-refractivity contribution in [2.75, 3.05) is 38.6 Å². The SMILES string of the molecule is COc1ccccc1NC(=O)C1CCN(S(=O)(=O)c2cc(C(=O)N3CCCC3)n(C)c2)CC1. The van der Waals surface area contributed by atoms with E-state index in [0.29, 0.717) is 43.1 Å². The summed E-state index contributed by atoms with van der Waals surface area (Å²) in [7, 11) is -0.514. The van der Waals surface area contributed by atoms with Crippen LogP contribution in [0.1, 0.15) is 36.2 Å². The third kappa shape index (κ3) is 4.77. The number of likely N-dealkylation sites (tertiary alicyclic amines) is 1. The van der Waals surface area contributed by atoms with E-state index in [2.05, 4.69) is 5.32 Å². The Hall–Kier alpha value is -2.85. The number of methoxy groups -OCH3 is 1. The number of aryl methyl sites for hydroxylation is 1. The van der Waals surface area contributed by atoms with Gasteiger partial charge in [-0.2, -0.15) is 4.31 Å². The number of carbonyl (C=O) groups excluding carboxylic acids is 2. The number of amides is 2. The van der Waals surface area contributed by atoms with E-state index in [9.17, 15) is 18.0 Å². The molecule has 0 unspecified atom stereocenters. The van der Waals surface area contributed by atoms with Crippen molar-refractivity contribution in [3.05, 3.63) is 42.2 Å². The van der Waals surface area contributed by atoms with E-state index in [4.69, 9.17) is 4.74 Å². The van der Waals surface area contributed by atoms with Gasteiger partial charge in [-0.15, -0.1) is 0 Å². The highest BCUT2D eigenvalue weighted by Gasteiger charge is 2.34. The fourth-order valence-electron chi connectivity index (χ4n) is 4.46. The second kappa shape index (κ2) is 9.56. The molecule has 0 bridgehead atoms. The molecule has 4 rings (SSSR count). The topological polar surface area (TPSA) is 101 Å². The molecule has 2 fully saturated rings. The first kappa shape index (κ1) is 23.3. The Balaban J connectivity index is 1.40. The Bertz CT molecular complexity index is 1130. The van der Waals surface area contributed by atoms with Crippen molar-refractivity contribution in [2.45, 2.75) is 30.6 Å². The zero-order chi connectivity index (χ0) is 23.6. The van der Waals surface area contributed by atoms with Gasteiger partial charge in [0.05, 0.1) is 12.8 Å². The molecule has 0 aliphatic carbocycles. The molecule has 33 heavy (non-hydrogen) atoms. The summed E-state index contributed by atoms with van der Waals surface area (Å²) in [4.78, 5) is 27.3. The lowest BCUT2D eigenvalue weighted by Crippen LogP contribution is -2.41. The molecule has 2 saturated heterocycles. The number of hydrogen-bond donors (Lipinski definition) is 1. The molecule has 9 nitrogen and oxygen atoms in total. The van der Waals surface area contributed by atoms with Crippen LogP contribution in [0.3, 0.4) is 0 Å². The van der Waals surface area contributed by atoms with Crippen molar-refractivity contribution in [3.63, 3.8) is 0 Å². The monoisotopic (exact) mass is 474 g/mol. The van der Waals surface area contributed by atoms with Crippen LogP contribution in [-0.4, -0.2) is 67.3 Å². The molecule has 0 spiro atoms. The molecule has 2 aliphatic rings. The van der Waals surface area contributed by atoms with Crippen LogP contribution in [0.5, 0.6) is 5.75 Å². The normalized spacial score (nSPS) is 17.8. The molecule has 1 aromatic heterocycles. The molecule has 1 aromatic carbocycles. The summed E-state index contributed by atoms with van der Waals surface area (Å²) in [6.45, 7) is 1.90. The minimum atomic E-state index is -3.75. The number of carbonyl (C=O) groups is 2. The van der Waals surface area contributed by atoms with Gasteiger partial charge in [0, 0.05) is 45.3 Å². The third-order valence-corrected chi connectivity index (χ3v) is 8.28. The maximum atomic E-state index is 13.2. The fourth-order valence-corrected chi connectivity index (χ4v) is 6.00. The fraction of sp³-hybridized carbons (Fsp3) is 0.478. The van der Waals surface area contributed by atoms with E-state index in [0.717, 1.165) is 12.8 Å². The maximum Gasteiger partial charge on any atom is 0.270 e. The first-order chi connectivity index (χ1) is 15.8. The van der Waals surface area contributed by atoms with Gasteiger partial charge in [0.1, 0.15) is 16.3 Å². The average Bonchev–Trinajstić information content (AvgIpc) is 3.49. The number of hydrogen-bond acceptors (Lipinski definition) is 5. The summed E-state index contributed by atoms with van der Waals surface area (Å²) >= 11 is 0. The van der Waals surface area contributed by atoms with E-state index >= 15 is 0 Å². The van der Waals surface area contributed by atoms with Crippen LogP contribution >= 0.6 is 0 Å². The van der Waals surface area contributed by atoms with Gasteiger partial charge in [0.15, 0.2) is 0 Å². The number of nitrogens with zero attached hydrogens (tertiary/aromatic N) is 3. The molecule has 0 atom stereocenters. The van der Waals surface area contributed by atoms with Crippen LogP contribution in [0.15, 0.2) is 41.4 Å². The van der Waals surface area contributed by atoms with Crippen molar-refractivity contribution in [3.8, 4) is 5.75 Å². The zero-order valence-corrected chi connectivity index (χ0v) is 19.8. The van der Waals surface area contributed by atoms with Crippen LogP contribution in [-0.2, 0) is 21.9 Å². The second-order valence-corrected chi connectivity index (χ2v) is 10.5. The molecule has 2 aromatic rings. The molecule has 10 heteroatoms. The van der Waals surface area contributed by atoms with Crippen LogP contribution in [0.25, 0.3) is 0 Å². The number of ether oxygens (including phenoxy) is 1. The maximum absolute atomic E-state index is 13.2. The number of piperidine rings is 1. The van der Waals surface area contributed by atoms with E-state index in [-0.39, 0.29) is 35.7 Å². The number of para-hydroxylation sites is 2. The summed E-state index contributed by atoms with van der Waals surface area (Å²) in [5.41, 5.74) is 0.973. The van der Waals surface area contributed by atoms with Crippen molar-refractivity contribution in [2.24, 2.45) is 13.0 Å². The Morgan fingerprint density at radius 3 is 2.39 bits per heavy atom. The first-order valence-corrected chi connectivity index (χ1v) is 12.6. The second-order valence-electron chi connectivity index (χ2n) is 8.54. The van der Waals surface area contributed by atoms with Crippen molar-refractivity contribution in [1.29, 1.82) is 0 Å². The lowest BCUT2D eigenvalue weighted by molar-refractivity contribution is -0.120. The Kier molecular flexibility index (Phi) is 6.76. The molecule has 2 aliphatic heterocycles. The molecule has 0 radical (unpaired) electrons. The van der Waals surface area contributed by atoms with Gasteiger partial charge in [0.2, 0.25) is 15.9 Å². The van der Waals surface area contributed by atoms with Gasteiger partial charge in [-0.05, 0) is 43.9 Å². The van der Waals surface area contributed by atoms with Gasteiger partial charge in [0.25, 0.3) is 5.91 Å². The van der Waals surface area contributed by atoms with Gasteiger partial charge < -0.3 is 19.5 Å². The summed E-state index contributed by atoms with van der Waals surface area (Å²) in [6, 6.07) is 8.65. The van der Waals surface area contributed by atoms with Crippen molar-refractivity contribution in [1.82, 2.24) is 13.8 Å². The average molecular weight is 475 g/mol. The van der Waals surface area contributed by atoms with Gasteiger partial charge in [-0.1, -0.05) is 12.1 Å². The molecular weight excluding hydrogens is 444 g/mol. The molecular formula is C23H30N4O5S. The summed E-state index contributed by atoms with van der Waals surface area (Å²) in [6.07, 6.45) is 4.29. The number of benzene rings is 1. The van der Waals surface area contributed by atoms with Gasteiger partial charge in [-0.25, -0.2) is 8.42 Å². The molecule has 178 valence electrons. The van der Waals surface area contributed by atoms with Crippen LogP contribution in [0.4, 0.5) is 5.69 Å². The molecule has 3 heterocycles. The zero-order valence-electron chi connectivity index (χ0n) is 19.0. The largest absolute Gasteiger partial charge is 0.495 e. The van der Waals surface area contributed by atoms with Gasteiger partial charge >= 0.3 is 0 Å². The van der Waals surface area contributed by atoms with E-state index in [1.54, 1.807) is 35.8 Å². The predicted octanol–water partition coefficient (Wildman–Crippen LogP) is 2.31. The summed E-state index contributed by atoms with van der Waals surface area (Å²) in [5.74, 6) is 0.0107. The highest BCUT2D eigenvalue weighted by molar-refractivity contribution is 7.89. The third-order valence-electron chi connectivity index (χ3n) is 6.42. The minimum absolute atomic E-state index is 0.115. The Morgan fingerprint density at radius 1 is 1.06 bits per heavy atom. The number of aromatic nitrogens is 1. The number of anilines is 1. The smallest absolute Gasteiger partial charge is 0.270 e. The quantitative estimate of drug-likeness (QED) is 0.692. The Morgan fingerprint density at radius 2 is 1.73 bits per heavy atom. The number of sulfonamides is 1. The highest BCUT2D eigenvalue weighted by atomic mass is 32.2. The Labute approximate surface area is 194 Å². The lowest BCUT2D eigenvalue weighted by Gasteiger charge is -2.30. The van der Waals surface area contributed by atoms with Crippen LogP contribution in [0, 0.1) is 5.92 Å². The van der Waals surface area contributed by atoms with E-state index in [1.165, 1.54) is 16.6 Å². The first-order valence-electron chi connectivity index (χ1n) is 11.2. The minimum Gasteiger partial charge on any atom is -0.495 e. The summed E-state index contributed by atoms with van der Waals surface area (Å²) < 4.78 is 34.7. The molecule has 1 N–H and O–H groups in total. The van der Waals surface area contributed by atoms with E-state index < -0.39 is 10.0 Å². The van der Waals surface area contributed by atoms with Crippen molar-refractivity contribution >= 4 is 27.5 Å². The van der Waals surface area contributed by atoms with Crippen LogP contribution in [0.2, 0.25) is 0 Å². The number of nitrogens with one attached hydrogen (secondary N) is 1. The number of rotatable bonds is 6. The molecule has 0 saturated carbocycles. The van der Waals surface area contributed by atoms with E-state index in [1.807, 2.05) is 12.1 Å². The van der Waals surface area contributed by atoms with Gasteiger partial charge in [-0.3, -0.25) is 9.59 Å². The molecule has 2 amide bonds. The standard InChI is InChI=1S/C23H30N4O5S/c1-25-16-18(15-20(25)23(29)26-11-5-6-12-26)33(30,31)27-13-9-17(10-14-27)22(28)24-19-7-3-4-8-21(19)32-2/h3-4,7-8,15-17H,5-6,9-14H2,1-2H3,(H,24,28). The van der Waals surface area contributed by atoms with Crippen LogP contribution < -0.4 is 10.1 Å². The predicted molar refractivity (Wildman–Crippen MR) is 124 cm³/mol. The lowest BCUT2D eigenvalue weighted by atomic mass is 9.97. The summed E-state index contributed by atoms with van der Waals surface area (Å²) in [5, 5.41) is 2.89. The highest BCUT2D eigenvalue weighted by Crippen LogP contribution is 2.28. The van der Waals surface area contributed by atoms with Crippen molar-refractivity contribution < 1.29 is 22.7 Å².